The van der Waals surface area contributed by atoms with Gasteiger partial charge in [0.2, 0.25) is 5.88 Å². The smallest absolute Gasteiger partial charge is 0.347 e. The fourth-order valence-electron chi connectivity index (χ4n) is 3.47. The summed E-state index contributed by atoms with van der Waals surface area (Å²) in [5, 5.41) is 13.9. The number of anilines is 1. The Labute approximate surface area is 156 Å². The van der Waals surface area contributed by atoms with Crippen molar-refractivity contribution < 1.29 is 19.1 Å². The highest BCUT2D eigenvalue weighted by Crippen LogP contribution is 2.39. The van der Waals surface area contributed by atoms with Crippen molar-refractivity contribution >= 4 is 35.5 Å². The molecule has 2 aliphatic rings. The van der Waals surface area contributed by atoms with Crippen LogP contribution in [0.2, 0.25) is 0 Å². The highest BCUT2D eigenvalue weighted by atomic mass is 16.5. The van der Waals surface area contributed by atoms with Crippen LogP contribution >= 0.6 is 0 Å². The quantitative estimate of drug-likeness (QED) is 0.770. The van der Waals surface area contributed by atoms with Gasteiger partial charge in [-0.05, 0) is 38.0 Å². The number of aromatic nitrogens is 1. The van der Waals surface area contributed by atoms with E-state index in [1.807, 2.05) is 12.1 Å². The first-order valence-electron chi connectivity index (χ1n) is 9.18. The van der Waals surface area contributed by atoms with Crippen LogP contribution in [0.1, 0.15) is 54.3 Å². The molecule has 1 aliphatic carbocycles. The maximum absolute atomic E-state index is 12.4. The van der Waals surface area contributed by atoms with Gasteiger partial charge in [-0.1, -0.05) is 12.8 Å². The third-order valence-corrected chi connectivity index (χ3v) is 4.79. The van der Waals surface area contributed by atoms with Crippen LogP contribution in [0.3, 0.4) is 0 Å². The molecule has 7 heteroatoms. The monoisotopic (exact) mass is 367 g/mol. The molecule has 0 atom stereocenters. The molecule has 0 bridgehead atoms. The van der Waals surface area contributed by atoms with Crippen LogP contribution in [0, 0.1) is 0 Å². The summed E-state index contributed by atoms with van der Waals surface area (Å²) in [5.41, 5.74) is 1.64. The Morgan fingerprint density at radius 2 is 2.26 bits per heavy atom. The van der Waals surface area contributed by atoms with Crippen molar-refractivity contribution in [3.63, 3.8) is 0 Å². The minimum Gasteiger partial charge on any atom is -0.504 e. The van der Waals surface area contributed by atoms with E-state index in [0.717, 1.165) is 36.8 Å². The number of furan rings is 1. The zero-order valence-corrected chi connectivity index (χ0v) is 15.1. The Bertz CT molecular complexity index is 923. The fourth-order valence-corrected chi connectivity index (χ4v) is 3.47. The van der Waals surface area contributed by atoms with E-state index in [-0.39, 0.29) is 35.6 Å². The number of esters is 1. The molecule has 1 aliphatic heterocycles. The fraction of sp³-hybridized carbons (Fsp3) is 0.350. The molecule has 3 heterocycles. The number of pyridine rings is 1. The van der Waals surface area contributed by atoms with Crippen LogP contribution in [0.25, 0.3) is 11.6 Å². The van der Waals surface area contributed by atoms with Gasteiger partial charge >= 0.3 is 5.97 Å². The molecule has 1 fully saturated rings. The van der Waals surface area contributed by atoms with E-state index < -0.39 is 5.97 Å². The lowest BCUT2D eigenvalue weighted by Gasteiger charge is -2.11. The SMILES string of the molecule is CCOC(=O)c1c(NC2CCCC2)oc(/C=C2\C=Nc3ncccc32)c1O. The van der Waals surface area contributed by atoms with E-state index in [0.29, 0.717) is 5.82 Å². The molecule has 2 aromatic rings. The first kappa shape index (κ1) is 17.3. The van der Waals surface area contributed by atoms with Crippen molar-refractivity contribution in [2.24, 2.45) is 4.99 Å². The maximum Gasteiger partial charge on any atom is 0.347 e. The Kier molecular flexibility index (Phi) is 4.66. The summed E-state index contributed by atoms with van der Waals surface area (Å²) in [4.78, 5) is 20.8. The first-order valence-corrected chi connectivity index (χ1v) is 9.18. The number of nitrogens with one attached hydrogen (secondary N) is 1. The van der Waals surface area contributed by atoms with Gasteiger partial charge in [-0.25, -0.2) is 14.8 Å². The molecule has 0 amide bonds. The largest absolute Gasteiger partial charge is 0.504 e. The van der Waals surface area contributed by atoms with Gasteiger partial charge in [0.1, 0.15) is 0 Å². The molecule has 2 N–H and O–H groups in total. The molecule has 7 nitrogen and oxygen atoms in total. The van der Waals surface area contributed by atoms with Crippen molar-refractivity contribution in [3.8, 4) is 5.75 Å². The van der Waals surface area contributed by atoms with Crippen molar-refractivity contribution in [2.75, 3.05) is 11.9 Å². The van der Waals surface area contributed by atoms with Gasteiger partial charge in [-0.15, -0.1) is 0 Å². The molecule has 0 saturated heterocycles. The highest BCUT2D eigenvalue weighted by molar-refractivity contribution is 6.21. The normalized spacial score (nSPS) is 17.4. The molecule has 140 valence electrons. The lowest BCUT2D eigenvalue weighted by atomic mass is 10.1. The van der Waals surface area contributed by atoms with Gasteiger partial charge in [-0.2, -0.15) is 0 Å². The van der Waals surface area contributed by atoms with Gasteiger partial charge < -0.3 is 19.6 Å². The standard InChI is InChI=1S/C20H21N3O4/c1-2-26-20(25)16-17(24)15(27-19(16)23-13-6-3-4-7-13)10-12-11-22-18-14(12)8-5-9-21-18/h5,8-11,13,23-24H,2-4,6-7H2,1H3/b12-10+. The molecule has 27 heavy (non-hydrogen) atoms. The number of ether oxygens (including phenoxy) is 1. The van der Waals surface area contributed by atoms with Crippen LogP contribution in [-0.2, 0) is 4.74 Å². The average Bonchev–Trinajstić information content (AvgIpc) is 3.37. The molecule has 0 aromatic carbocycles. The average molecular weight is 367 g/mol. The third-order valence-electron chi connectivity index (χ3n) is 4.79. The summed E-state index contributed by atoms with van der Waals surface area (Å²) in [6.45, 7) is 1.94. The summed E-state index contributed by atoms with van der Waals surface area (Å²) < 4.78 is 10.9. The number of carbonyl (C=O) groups excluding carboxylic acids is 1. The van der Waals surface area contributed by atoms with Crippen LogP contribution < -0.4 is 5.32 Å². The second kappa shape index (κ2) is 7.26. The Hall–Kier alpha value is -3.09. The summed E-state index contributed by atoms with van der Waals surface area (Å²) in [6, 6.07) is 3.94. The molecule has 1 saturated carbocycles. The van der Waals surface area contributed by atoms with Gasteiger partial charge in [0.25, 0.3) is 0 Å². The zero-order valence-electron chi connectivity index (χ0n) is 15.1. The van der Waals surface area contributed by atoms with Crippen molar-refractivity contribution in [1.29, 1.82) is 0 Å². The molecule has 0 radical (unpaired) electrons. The van der Waals surface area contributed by atoms with Gasteiger partial charge in [0, 0.05) is 29.6 Å². The lowest BCUT2D eigenvalue weighted by Crippen LogP contribution is -2.16. The number of carbonyl (C=O) groups is 1. The predicted octanol–water partition coefficient (Wildman–Crippen LogP) is 4.17. The molecule has 0 spiro atoms. The third kappa shape index (κ3) is 3.32. The number of allylic oxidation sites excluding steroid dienone is 1. The molecular weight excluding hydrogens is 346 g/mol. The number of rotatable bonds is 5. The zero-order chi connectivity index (χ0) is 18.8. The summed E-state index contributed by atoms with van der Waals surface area (Å²) >= 11 is 0. The maximum atomic E-state index is 12.4. The molecule has 0 unspecified atom stereocenters. The number of hydrogen-bond acceptors (Lipinski definition) is 7. The second-order valence-electron chi connectivity index (χ2n) is 6.60. The Balaban J connectivity index is 1.72. The van der Waals surface area contributed by atoms with E-state index in [2.05, 4.69) is 15.3 Å². The van der Waals surface area contributed by atoms with E-state index in [1.54, 1.807) is 25.4 Å². The predicted molar refractivity (Wildman–Crippen MR) is 102 cm³/mol. The van der Waals surface area contributed by atoms with E-state index in [4.69, 9.17) is 9.15 Å². The van der Waals surface area contributed by atoms with Crippen molar-refractivity contribution in [2.45, 2.75) is 38.6 Å². The second-order valence-corrected chi connectivity index (χ2v) is 6.60. The number of fused-ring (bicyclic) bond motifs is 1. The van der Waals surface area contributed by atoms with Crippen LogP contribution in [-0.4, -0.2) is 34.9 Å². The molecular formula is C20H21N3O4. The number of aliphatic imine (C=N–C) groups is 1. The van der Waals surface area contributed by atoms with Crippen molar-refractivity contribution in [1.82, 2.24) is 4.98 Å². The minimum atomic E-state index is -0.606. The topological polar surface area (TPSA) is 97.0 Å². The Morgan fingerprint density at radius 1 is 1.44 bits per heavy atom. The number of aromatic hydroxyl groups is 1. The van der Waals surface area contributed by atoms with Crippen LogP contribution in [0.15, 0.2) is 27.7 Å². The summed E-state index contributed by atoms with van der Waals surface area (Å²) in [7, 11) is 0. The van der Waals surface area contributed by atoms with Gasteiger partial charge in [0.15, 0.2) is 22.9 Å². The number of nitrogens with zero attached hydrogens (tertiary/aromatic N) is 2. The van der Waals surface area contributed by atoms with E-state index in [1.165, 1.54) is 0 Å². The Morgan fingerprint density at radius 3 is 3.04 bits per heavy atom. The lowest BCUT2D eigenvalue weighted by molar-refractivity contribution is 0.0524. The van der Waals surface area contributed by atoms with Crippen LogP contribution in [0.4, 0.5) is 11.7 Å². The summed E-state index contributed by atoms with van der Waals surface area (Å²) in [5.74, 6) is 0.228. The first-order chi connectivity index (χ1) is 13.2. The minimum absolute atomic E-state index is 0.0388. The molecule has 2 aromatic heterocycles. The number of hydrogen-bond donors (Lipinski definition) is 2. The van der Waals surface area contributed by atoms with Crippen LogP contribution in [0.5, 0.6) is 5.75 Å². The highest BCUT2D eigenvalue weighted by Gasteiger charge is 2.29. The van der Waals surface area contributed by atoms with Gasteiger partial charge in [0.05, 0.1) is 6.61 Å². The molecule has 4 rings (SSSR count). The summed E-state index contributed by atoms with van der Waals surface area (Å²) in [6.07, 6.45) is 9.28. The van der Waals surface area contributed by atoms with Gasteiger partial charge in [-0.3, -0.25) is 0 Å². The van der Waals surface area contributed by atoms with E-state index in [9.17, 15) is 9.90 Å². The van der Waals surface area contributed by atoms with E-state index >= 15 is 0 Å². The van der Waals surface area contributed by atoms with Crippen molar-refractivity contribution in [3.05, 3.63) is 35.2 Å².